The van der Waals surface area contributed by atoms with E-state index in [4.69, 9.17) is 9.47 Å². The lowest BCUT2D eigenvalue weighted by atomic mass is 10.1. The zero-order valence-electron chi connectivity index (χ0n) is 14.1. The molecule has 1 aromatic carbocycles. The first kappa shape index (κ1) is 18.3. The summed E-state index contributed by atoms with van der Waals surface area (Å²) in [4.78, 5) is 12.1. The molecule has 5 nitrogen and oxygen atoms in total. The third-order valence-corrected chi connectivity index (χ3v) is 3.22. The molecule has 0 aliphatic carbocycles. The highest BCUT2D eigenvalue weighted by Gasteiger charge is 2.11. The Hall–Kier alpha value is -1.75. The van der Waals surface area contributed by atoms with Crippen molar-refractivity contribution in [2.24, 2.45) is 5.92 Å². The van der Waals surface area contributed by atoms with Gasteiger partial charge in [-0.1, -0.05) is 20.8 Å². The lowest BCUT2D eigenvalue weighted by Gasteiger charge is -2.13. The Balaban J connectivity index is 2.61. The van der Waals surface area contributed by atoms with Gasteiger partial charge in [0.25, 0.3) is 5.91 Å². The lowest BCUT2D eigenvalue weighted by Crippen LogP contribution is -2.31. The lowest BCUT2D eigenvalue weighted by molar-refractivity contribution is 0.0953. The van der Waals surface area contributed by atoms with Crippen molar-refractivity contribution in [2.75, 3.05) is 33.4 Å². The van der Waals surface area contributed by atoms with E-state index in [2.05, 4.69) is 24.5 Å². The van der Waals surface area contributed by atoms with Gasteiger partial charge < -0.3 is 20.1 Å². The molecule has 0 heterocycles. The largest absolute Gasteiger partial charge is 0.493 e. The second kappa shape index (κ2) is 10.1. The number of carbonyl (C=O) groups excluding carboxylic acids is 1. The molecule has 0 unspecified atom stereocenters. The molecule has 0 aliphatic heterocycles. The highest BCUT2D eigenvalue weighted by Crippen LogP contribution is 2.28. The molecule has 0 saturated carbocycles. The van der Waals surface area contributed by atoms with E-state index < -0.39 is 0 Å². The van der Waals surface area contributed by atoms with Crippen molar-refractivity contribution in [1.29, 1.82) is 0 Å². The van der Waals surface area contributed by atoms with Crippen LogP contribution in [-0.4, -0.2) is 39.3 Å². The van der Waals surface area contributed by atoms with Crippen LogP contribution in [0.5, 0.6) is 11.5 Å². The Kier molecular flexibility index (Phi) is 8.36. The van der Waals surface area contributed by atoms with Crippen LogP contribution in [0.15, 0.2) is 18.2 Å². The molecule has 0 bridgehead atoms. The summed E-state index contributed by atoms with van der Waals surface area (Å²) >= 11 is 0. The molecule has 22 heavy (non-hydrogen) atoms. The summed E-state index contributed by atoms with van der Waals surface area (Å²) in [7, 11) is 1.58. The van der Waals surface area contributed by atoms with Crippen LogP contribution in [0, 0.1) is 5.92 Å². The molecule has 0 radical (unpaired) electrons. The van der Waals surface area contributed by atoms with Crippen LogP contribution in [0.2, 0.25) is 0 Å². The van der Waals surface area contributed by atoms with Crippen LogP contribution in [0.25, 0.3) is 0 Å². The van der Waals surface area contributed by atoms with Gasteiger partial charge in [-0.25, -0.2) is 0 Å². The Morgan fingerprint density at radius 3 is 2.64 bits per heavy atom. The van der Waals surface area contributed by atoms with Gasteiger partial charge >= 0.3 is 0 Å². The van der Waals surface area contributed by atoms with Gasteiger partial charge in [-0.2, -0.15) is 0 Å². The summed E-state index contributed by atoms with van der Waals surface area (Å²) in [6.07, 6.45) is 0.982. The van der Waals surface area contributed by atoms with Crippen molar-refractivity contribution in [3.8, 4) is 11.5 Å². The number of nitrogens with one attached hydrogen (secondary N) is 2. The maximum Gasteiger partial charge on any atom is 0.251 e. The van der Waals surface area contributed by atoms with E-state index in [1.807, 2.05) is 6.92 Å². The van der Waals surface area contributed by atoms with E-state index in [0.29, 0.717) is 36.1 Å². The number of carbonyl (C=O) groups is 1. The molecular weight excluding hydrogens is 280 g/mol. The Morgan fingerprint density at radius 1 is 1.23 bits per heavy atom. The third-order valence-electron chi connectivity index (χ3n) is 3.22. The SMILES string of the molecule is CCNCCNC(=O)c1ccc(OCCC(C)C)c(OC)c1. The molecule has 0 aromatic heterocycles. The summed E-state index contributed by atoms with van der Waals surface area (Å²) in [5.41, 5.74) is 0.574. The van der Waals surface area contributed by atoms with Gasteiger partial charge in [0.1, 0.15) is 0 Å². The zero-order valence-corrected chi connectivity index (χ0v) is 14.1. The molecular formula is C17H28N2O3. The molecule has 2 N–H and O–H groups in total. The first-order chi connectivity index (χ1) is 10.6. The minimum atomic E-state index is -0.107. The van der Waals surface area contributed by atoms with Crippen molar-refractivity contribution in [2.45, 2.75) is 27.2 Å². The van der Waals surface area contributed by atoms with Gasteiger partial charge in [0, 0.05) is 18.7 Å². The Morgan fingerprint density at radius 2 is 2.00 bits per heavy atom. The van der Waals surface area contributed by atoms with Crippen LogP contribution in [-0.2, 0) is 0 Å². The van der Waals surface area contributed by atoms with Crippen LogP contribution < -0.4 is 20.1 Å². The maximum atomic E-state index is 12.1. The molecule has 1 aromatic rings. The Labute approximate surface area is 133 Å². The highest BCUT2D eigenvalue weighted by atomic mass is 16.5. The van der Waals surface area contributed by atoms with Gasteiger partial charge in [0.05, 0.1) is 13.7 Å². The molecule has 1 amide bonds. The van der Waals surface area contributed by atoms with E-state index in [9.17, 15) is 4.79 Å². The minimum absolute atomic E-state index is 0.107. The van der Waals surface area contributed by atoms with Crippen LogP contribution >= 0.6 is 0 Å². The summed E-state index contributed by atoms with van der Waals surface area (Å²) < 4.78 is 11.0. The molecule has 0 atom stereocenters. The number of methoxy groups -OCH3 is 1. The average molecular weight is 308 g/mol. The van der Waals surface area contributed by atoms with Gasteiger partial charge in [-0.3, -0.25) is 4.79 Å². The summed E-state index contributed by atoms with van der Waals surface area (Å²) in [5.74, 6) is 1.74. The quantitative estimate of drug-likeness (QED) is 0.652. The molecule has 124 valence electrons. The predicted octanol–water partition coefficient (Wildman–Crippen LogP) is 2.46. The fraction of sp³-hybridized carbons (Fsp3) is 0.588. The highest BCUT2D eigenvalue weighted by molar-refractivity contribution is 5.94. The second-order valence-electron chi connectivity index (χ2n) is 5.51. The summed E-state index contributed by atoms with van der Waals surface area (Å²) in [5, 5.41) is 6.02. The van der Waals surface area contributed by atoms with E-state index >= 15 is 0 Å². The minimum Gasteiger partial charge on any atom is -0.493 e. The standard InChI is InChI=1S/C17H28N2O3/c1-5-18-9-10-19-17(20)14-6-7-15(16(12-14)21-4)22-11-8-13(2)3/h6-7,12-13,18H,5,8-11H2,1-4H3,(H,19,20). The molecule has 0 spiro atoms. The van der Waals surface area contributed by atoms with Gasteiger partial charge in [-0.15, -0.1) is 0 Å². The first-order valence-corrected chi connectivity index (χ1v) is 7.88. The van der Waals surface area contributed by atoms with Gasteiger partial charge in [-0.05, 0) is 37.1 Å². The van der Waals surface area contributed by atoms with Crippen LogP contribution in [0.3, 0.4) is 0 Å². The number of hydrogen-bond donors (Lipinski definition) is 2. The number of likely N-dealkylation sites (N-methyl/N-ethyl adjacent to an activating group) is 1. The molecule has 0 aliphatic rings. The number of benzene rings is 1. The Bertz CT molecular complexity index is 461. The van der Waals surface area contributed by atoms with Crippen molar-refractivity contribution in [3.05, 3.63) is 23.8 Å². The van der Waals surface area contributed by atoms with Crippen molar-refractivity contribution < 1.29 is 14.3 Å². The fourth-order valence-electron chi connectivity index (χ4n) is 1.88. The molecule has 0 saturated heterocycles. The first-order valence-electron chi connectivity index (χ1n) is 7.88. The van der Waals surface area contributed by atoms with Crippen molar-refractivity contribution in [3.63, 3.8) is 0 Å². The van der Waals surface area contributed by atoms with E-state index in [0.717, 1.165) is 19.5 Å². The molecule has 1 rings (SSSR count). The number of ether oxygens (including phenoxy) is 2. The average Bonchev–Trinajstić information content (AvgIpc) is 2.51. The number of amides is 1. The van der Waals surface area contributed by atoms with E-state index in [-0.39, 0.29) is 5.91 Å². The molecule has 5 heteroatoms. The molecule has 0 fully saturated rings. The number of rotatable bonds is 10. The van der Waals surface area contributed by atoms with Crippen LogP contribution in [0.4, 0.5) is 0 Å². The summed E-state index contributed by atoms with van der Waals surface area (Å²) in [6.45, 7) is 9.24. The smallest absolute Gasteiger partial charge is 0.251 e. The fourth-order valence-corrected chi connectivity index (χ4v) is 1.88. The van der Waals surface area contributed by atoms with Crippen LogP contribution in [0.1, 0.15) is 37.6 Å². The third kappa shape index (κ3) is 6.35. The van der Waals surface area contributed by atoms with Crippen molar-refractivity contribution in [1.82, 2.24) is 10.6 Å². The predicted molar refractivity (Wildman–Crippen MR) is 88.8 cm³/mol. The van der Waals surface area contributed by atoms with Gasteiger partial charge in [0.15, 0.2) is 11.5 Å². The van der Waals surface area contributed by atoms with Crippen molar-refractivity contribution >= 4 is 5.91 Å². The van der Waals surface area contributed by atoms with Gasteiger partial charge in [0.2, 0.25) is 0 Å². The zero-order chi connectivity index (χ0) is 16.4. The van der Waals surface area contributed by atoms with E-state index in [1.165, 1.54) is 0 Å². The normalized spacial score (nSPS) is 10.6. The number of hydrogen-bond acceptors (Lipinski definition) is 4. The monoisotopic (exact) mass is 308 g/mol. The summed E-state index contributed by atoms with van der Waals surface area (Å²) in [6, 6.07) is 5.27. The van der Waals surface area contributed by atoms with E-state index in [1.54, 1.807) is 25.3 Å². The second-order valence-corrected chi connectivity index (χ2v) is 5.51. The maximum absolute atomic E-state index is 12.1. The topological polar surface area (TPSA) is 59.6 Å².